The first-order valence-electron chi connectivity index (χ1n) is 24.1. The van der Waals surface area contributed by atoms with Crippen LogP contribution in [0.15, 0.2) is 187 Å². The Morgan fingerprint density at radius 2 is 1.30 bits per heavy atom. The number of benzene rings is 6. The number of ether oxygens (including phenoxy) is 4. The van der Waals surface area contributed by atoms with Crippen LogP contribution in [0.1, 0.15) is 42.2 Å². The number of fused-ring (bicyclic) bond motifs is 1. The number of hydrogen-bond acceptors (Lipinski definition) is 10. The van der Waals surface area contributed by atoms with Gasteiger partial charge >= 0.3 is 11.7 Å². The van der Waals surface area contributed by atoms with Crippen molar-refractivity contribution in [1.29, 1.82) is 0 Å². The summed E-state index contributed by atoms with van der Waals surface area (Å²) in [6, 6.07) is 59.0. The standard InChI is InChI=1S/C56H58N5O8PSi/c1-64-44-30-26-41(27-31-44)56(40-17-8-4-9-18-40,42-28-32-45(65-2)33-29-42)66-38-50-49(37-53(67-50)60-36-34-52(59-55(60)63)58-54(62)57-43-19-10-5-11-20-43)68-70-61-35-16-25-48(61)51(69-70)39-71(3,46-21-12-6-13-22-46)47-23-14-7-15-24-47/h4-15,17-24,26-34,36,48-51,53H,16,25,35,37-39H2,1-3H3,(H2,57,58,59,62,63)/t48-,49-,50+,51+,53+,70-/m0/s1. The van der Waals surface area contributed by atoms with Crippen LogP contribution in [-0.4, -0.2) is 80.1 Å². The van der Waals surface area contributed by atoms with Crippen molar-refractivity contribution >= 4 is 44.5 Å². The number of nitrogens with one attached hydrogen (secondary N) is 2. The maximum Gasteiger partial charge on any atom is 0.351 e. The highest BCUT2D eigenvalue weighted by Gasteiger charge is 2.52. The first-order chi connectivity index (χ1) is 34.7. The number of rotatable bonds is 17. The highest BCUT2D eigenvalue weighted by Crippen LogP contribution is 2.59. The molecule has 3 saturated heterocycles. The van der Waals surface area contributed by atoms with Gasteiger partial charge in [-0.25, -0.2) is 14.3 Å². The van der Waals surface area contributed by atoms with Crippen LogP contribution in [-0.2, 0) is 24.1 Å². The zero-order chi connectivity index (χ0) is 48.8. The smallest absolute Gasteiger partial charge is 0.351 e. The molecule has 7 aromatic rings. The fourth-order valence-electron chi connectivity index (χ4n) is 10.3. The average molecular weight is 988 g/mol. The second kappa shape index (κ2) is 21.5. The van der Waals surface area contributed by atoms with Crippen LogP contribution in [0.25, 0.3) is 0 Å². The summed E-state index contributed by atoms with van der Waals surface area (Å²) in [5, 5.41) is 8.19. The lowest BCUT2D eigenvalue weighted by molar-refractivity contribution is -0.0919. The normalized spacial score (nSPS) is 21.1. The monoisotopic (exact) mass is 987 g/mol. The number of nitrogens with zero attached hydrogens (tertiary/aromatic N) is 3. The van der Waals surface area contributed by atoms with Gasteiger partial charge in [0.05, 0.1) is 33.0 Å². The second-order valence-electron chi connectivity index (χ2n) is 18.3. The third kappa shape index (κ3) is 10.2. The van der Waals surface area contributed by atoms with Gasteiger partial charge in [-0.1, -0.05) is 150 Å². The van der Waals surface area contributed by atoms with Crippen molar-refractivity contribution in [2.75, 3.05) is 38.0 Å². The highest BCUT2D eigenvalue weighted by molar-refractivity contribution is 7.45. The van der Waals surface area contributed by atoms with E-state index in [1.165, 1.54) is 14.9 Å². The van der Waals surface area contributed by atoms with E-state index in [-0.39, 0.29) is 24.6 Å². The zero-order valence-electron chi connectivity index (χ0n) is 40.0. The summed E-state index contributed by atoms with van der Waals surface area (Å²) >= 11 is 0. The molecule has 13 nitrogen and oxygen atoms in total. The maximum absolute atomic E-state index is 13.9. The quantitative estimate of drug-likeness (QED) is 0.0516. The van der Waals surface area contributed by atoms with Crippen molar-refractivity contribution in [3.8, 4) is 11.5 Å². The van der Waals surface area contributed by atoms with Crippen LogP contribution in [0, 0.1) is 0 Å². The Labute approximate surface area is 416 Å². The molecule has 6 aromatic carbocycles. The molecular formula is C56H58N5O8PSi. The Hall–Kier alpha value is -6.48. The second-order valence-corrected chi connectivity index (χ2v) is 23.9. The molecule has 6 atom stereocenters. The predicted octanol–water partition coefficient (Wildman–Crippen LogP) is 9.57. The van der Waals surface area contributed by atoms with Crippen molar-refractivity contribution in [3.63, 3.8) is 0 Å². The van der Waals surface area contributed by atoms with E-state index in [9.17, 15) is 9.59 Å². The van der Waals surface area contributed by atoms with Crippen LogP contribution >= 0.6 is 8.53 Å². The largest absolute Gasteiger partial charge is 0.497 e. The third-order valence-electron chi connectivity index (χ3n) is 14.0. The fraction of sp³-hybridized carbons (Fsp3) is 0.268. The van der Waals surface area contributed by atoms with Gasteiger partial charge in [0.25, 0.3) is 8.53 Å². The van der Waals surface area contributed by atoms with Gasteiger partial charge in [0.1, 0.15) is 43.3 Å². The first-order valence-corrected chi connectivity index (χ1v) is 28.0. The average Bonchev–Trinajstić information content (AvgIpc) is 4.15. The molecular weight excluding hydrogens is 930 g/mol. The third-order valence-corrected chi connectivity index (χ3v) is 20.3. The van der Waals surface area contributed by atoms with Crippen molar-refractivity contribution in [3.05, 3.63) is 209 Å². The molecule has 3 fully saturated rings. The van der Waals surface area contributed by atoms with Crippen molar-refractivity contribution < 1.29 is 32.8 Å². The lowest BCUT2D eigenvalue weighted by Gasteiger charge is -2.37. The number of urea groups is 1. The van der Waals surface area contributed by atoms with Gasteiger partial charge in [0.15, 0.2) is 0 Å². The van der Waals surface area contributed by atoms with E-state index in [0.717, 1.165) is 42.1 Å². The molecule has 0 unspecified atom stereocenters. The summed E-state index contributed by atoms with van der Waals surface area (Å²) < 4.78 is 43.9. The molecule has 364 valence electrons. The molecule has 71 heavy (non-hydrogen) atoms. The molecule has 3 aliphatic heterocycles. The van der Waals surface area contributed by atoms with E-state index in [0.29, 0.717) is 23.6 Å². The van der Waals surface area contributed by atoms with Gasteiger partial charge in [0.2, 0.25) is 0 Å². The Morgan fingerprint density at radius 3 is 1.87 bits per heavy atom. The number of carbonyl (C=O) groups excluding carboxylic acids is 1. The maximum atomic E-state index is 13.9. The molecule has 4 heterocycles. The molecule has 10 rings (SSSR count). The van der Waals surface area contributed by atoms with Crippen LogP contribution in [0.4, 0.5) is 16.3 Å². The molecule has 0 bridgehead atoms. The number of hydrogen-bond donors (Lipinski definition) is 2. The molecule has 3 aliphatic rings. The van der Waals surface area contributed by atoms with Crippen molar-refractivity contribution in [1.82, 2.24) is 14.2 Å². The summed E-state index contributed by atoms with van der Waals surface area (Å²) in [6.07, 6.45) is 1.94. The Morgan fingerprint density at radius 1 is 0.732 bits per heavy atom. The number of carbonyl (C=O) groups is 1. The zero-order valence-corrected chi connectivity index (χ0v) is 41.9. The fourth-order valence-corrected chi connectivity index (χ4v) is 16.3. The summed E-state index contributed by atoms with van der Waals surface area (Å²) in [5.74, 6) is 1.53. The lowest BCUT2D eigenvalue weighted by atomic mass is 9.80. The van der Waals surface area contributed by atoms with E-state index in [2.05, 4.69) is 99.6 Å². The highest BCUT2D eigenvalue weighted by atomic mass is 31.2. The summed E-state index contributed by atoms with van der Waals surface area (Å²) in [6.45, 7) is 3.39. The summed E-state index contributed by atoms with van der Waals surface area (Å²) in [7, 11) is -0.519. The molecule has 2 amide bonds. The summed E-state index contributed by atoms with van der Waals surface area (Å²) in [5.41, 5.74) is 1.53. The van der Waals surface area contributed by atoms with Crippen LogP contribution < -0.4 is 36.2 Å². The molecule has 0 aliphatic carbocycles. The minimum absolute atomic E-state index is 0.0460. The number of anilines is 2. The molecule has 0 saturated carbocycles. The van der Waals surface area contributed by atoms with E-state index in [1.807, 2.05) is 84.9 Å². The van der Waals surface area contributed by atoms with Crippen LogP contribution in [0.2, 0.25) is 12.6 Å². The Bertz CT molecular complexity index is 2840. The van der Waals surface area contributed by atoms with Crippen molar-refractivity contribution in [2.24, 2.45) is 0 Å². The molecule has 1 aromatic heterocycles. The predicted molar refractivity (Wildman–Crippen MR) is 279 cm³/mol. The van der Waals surface area contributed by atoms with Gasteiger partial charge < -0.3 is 33.3 Å². The molecule has 2 N–H and O–H groups in total. The minimum atomic E-state index is -2.29. The van der Waals surface area contributed by atoms with E-state index < -0.39 is 52.4 Å². The minimum Gasteiger partial charge on any atom is -0.497 e. The van der Waals surface area contributed by atoms with E-state index in [4.69, 9.17) is 28.0 Å². The Kier molecular flexibility index (Phi) is 14.6. The number of amides is 2. The van der Waals surface area contributed by atoms with Crippen LogP contribution in [0.5, 0.6) is 11.5 Å². The van der Waals surface area contributed by atoms with Gasteiger partial charge in [-0.2, -0.15) is 4.98 Å². The van der Waals surface area contributed by atoms with Crippen LogP contribution in [0.3, 0.4) is 0 Å². The van der Waals surface area contributed by atoms with E-state index >= 15 is 0 Å². The first kappa shape index (κ1) is 48.2. The SMILES string of the molecule is COc1ccc(C(OC[C@H]2O[C@@H](n3ccc(NC(=O)Nc4ccccc4)nc3=O)C[C@@H]2O[P@@]2O[C@H](C[Si](C)(c3ccccc3)c3ccccc3)[C@@H]3CCCN32)(c2ccccc2)c2ccc(OC)cc2)cc1. The number of para-hydroxylation sites is 1. The molecule has 15 heteroatoms. The topological polar surface area (TPSA) is 135 Å². The van der Waals surface area contributed by atoms with Crippen molar-refractivity contribution in [2.45, 2.75) is 68.0 Å². The van der Waals surface area contributed by atoms with Gasteiger partial charge in [-0.05, 0) is 78.0 Å². The molecule has 0 radical (unpaired) electrons. The molecule has 0 spiro atoms. The van der Waals surface area contributed by atoms with Gasteiger partial charge in [0, 0.05) is 30.9 Å². The summed E-state index contributed by atoms with van der Waals surface area (Å²) in [4.78, 5) is 31.1. The van der Waals surface area contributed by atoms with Gasteiger partial charge in [-0.3, -0.25) is 9.88 Å². The lowest BCUT2D eigenvalue weighted by Crippen LogP contribution is -2.58. The number of methoxy groups -OCH3 is 2. The van der Waals surface area contributed by atoms with E-state index in [1.54, 1.807) is 38.6 Å². The van der Waals surface area contributed by atoms with Gasteiger partial charge in [-0.15, -0.1) is 0 Å². The number of aromatic nitrogens is 2. The Balaban J connectivity index is 0.975.